The summed E-state index contributed by atoms with van der Waals surface area (Å²) in [5.74, 6) is 1.36. The fraction of sp³-hybridized carbons (Fsp3) is 0.208. The van der Waals surface area contributed by atoms with Crippen LogP contribution in [-0.4, -0.2) is 51.9 Å². The van der Waals surface area contributed by atoms with E-state index in [0.717, 1.165) is 54.3 Å². The van der Waals surface area contributed by atoms with Gasteiger partial charge in [0.1, 0.15) is 0 Å². The van der Waals surface area contributed by atoms with Crippen molar-refractivity contribution in [3.8, 4) is 0 Å². The molecule has 1 aliphatic rings. The van der Waals surface area contributed by atoms with E-state index in [1.807, 2.05) is 36.0 Å². The average Bonchev–Trinajstić information content (AvgIpc) is 3.48. The number of rotatable bonds is 5. The van der Waals surface area contributed by atoms with Crippen molar-refractivity contribution in [2.75, 3.05) is 36.5 Å². The van der Waals surface area contributed by atoms with Crippen molar-refractivity contribution in [1.82, 2.24) is 19.7 Å². The molecule has 0 aliphatic carbocycles. The van der Waals surface area contributed by atoms with Gasteiger partial charge in [-0.3, -0.25) is 5.10 Å². The predicted molar refractivity (Wildman–Crippen MR) is 128 cm³/mol. The normalized spacial score (nSPS) is 14.7. The SMILES string of the molecule is C=C(N=C(Nc1ccc(N2CCOCC2)cc1)c1nccn1C)c1ccc2cn[nH]c2c1. The molecule has 3 heterocycles. The number of ether oxygens (including phenoxy) is 1. The van der Waals surface area contributed by atoms with Gasteiger partial charge in [-0.2, -0.15) is 5.10 Å². The molecule has 2 aromatic carbocycles. The summed E-state index contributed by atoms with van der Waals surface area (Å²) in [6.07, 6.45) is 5.45. The highest BCUT2D eigenvalue weighted by molar-refractivity contribution is 6.08. The Labute approximate surface area is 186 Å². The van der Waals surface area contributed by atoms with Crippen molar-refractivity contribution >= 4 is 33.8 Å². The van der Waals surface area contributed by atoms with Crippen LogP contribution >= 0.6 is 0 Å². The summed E-state index contributed by atoms with van der Waals surface area (Å²) in [5, 5.41) is 11.6. The van der Waals surface area contributed by atoms with Gasteiger partial charge in [-0.15, -0.1) is 0 Å². The first-order chi connectivity index (χ1) is 15.7. The fourth-order valence-electron chi connectivity index (χ4n) is 3.76. The minimum atomic E-state index is 0.631. The number of nitrogens with zero attached hydrogens (tertiary/aromatic N) is 5. The maximum absolute atomic E-state index is 5.45. The molecule has 8 heteroatoms. The van der Waals surface area contributed by atoms with Gasteiger partial charge in [0.2, 0.25) is 0 Å². The molecule has 162 valence electrons. The highest BCUT2D eigenvalue weighted by Crippen LogP contribution is 2.22. The molecule has 2 aromatic heterocycles. The lowest BCUT2D eigenvalue weighted by molar-refractivity contribution is 0.122. The molecular formula is C24H25N7O. The van der Waals surface area contributed by atoms with Gasteiger partial charge in [0.25, 0.3) is 0 Å². The molecule has 1 aliphatic heterocycles. The average molecular weight is 428 g/mol. The molecule has 1 fully saturated rings. The number of morpholine rings is 1. The predicted octanol–water partition coefficient (Wildman–Crippen LogP) is 3.66. The monoisotopic (exact) mass is 427 g/mol. The van der Waals surface area contributed by atoms with Gasteiger partial charge in [-0.05, 0) is 30.3 Å². The second-order valence-corrected chi connectivity index (χ2v) is 7.71. The minimum absolute atomic E-state index is 0.631. The third kappa shape index (κ3) is 4.13. The number of benzene rings is 2. The van der Waals surface area contributed by atoms with Crippen LogP contribution in [0.15, 0.2) is 72.6 Å². The van der Waals surface area contributed by atoms with Gasteiger partial charge in [-0.25, -0.2) is 9.98 Å². The van der Waals surface area contributed by atoms with Gasteiger partial charge in [0.05, 0.1) is 30.6 Å². The van der Waals surface area contributed by atoms with E-state index in [4.69, 9.17) is 9.73 Å². The van der Waals surface area contributed by atoms with E-state index in [1.165, 1.54) is 5.69 Å². The van der Waals surface area contributed by atoms with Crippen LogP contribution in [0.5, 0.6) is 0 Å². The number of hydrogen-bond donors (Lipinski definition) is 2. The molecule has 1 saturated heterocycles. The standard InChI is InChI=1S/C24H25N7O/c1-17(18-3-4-19-16-26-29-22(19)15-18)27-23(24-25-9-10-30(24)2)28-20-5-7-21(8-6-20)31-11-13-32-14-12-31/h3-10,15-16H,1,11-14H2,2H3,(H,26,29)(H,27,28). The van der Waals surface area contributed by atoms with Gasteiger partial charge in [0.15, 0.2) is 11.7 Å². The Morgan fingerprint density at radius 3 is 2.72 bits per heavy atom. The third-order valence-corrected chi connectivity index (χ3v) is 5.56. The first-order valence-corrected chi connectivity index (χ1v) is 10.6. The summed E-state index contributed by atoms with van der Waals surface area (Å²) >= 11 is 0. The zero-order valence-electron chi connectivity index (χ0n) is 18.0. The lowest BCUT2D eigenvalue weighted by Crippen LogP contribution is -2.36. The number of hydrogen-bond acceptors (Lipinski definition) is 5. The molecular weight excluding hydrogens is 402 g/mol. The van der Waals surface area contributed by atoms with E-state index in [1.54, 1.807) is 12.4 Å². The van der Waals surface area contributed by atoms with Gasteiger partial charge >= 0.3 is 0 Å². The molecule has 8 nitrogen and oxygen atoms in total. The van der Waals surface area contributed by atoms with Crippen LogP contribution in [0, 0.1) is 0 Å². The second kappa shape index (κ2) is 8.68. The van der Waals surface area contributed by atoms with Crippen LogP contribution < -0.4 is 10.2 Å². The van der Waals surface area contributed by atoms with Crippen molar-refractivity contribution in [2.24, 2.45) is 12.0 Å². The molecule has 0 bridgehead atoms. The van der Waals surface area contributed by atoms with Crippen molar-refractivity contribution in [3.05, 3.63) is 79.0 Å². The Balaban J connectivity index is 1.42. The summed E-state index contributed by atoms with van der Waals surface area (Å²) in [5.41, 5.74) is 4.62. The molecule has 0 atom stereocenters. The third-order valence-electron chi connectivity index (χ3n) is 5.56. The van der Waals surface area contributed by atoms with E-state index in [-0.39, 0.29) is 0 Å². The summed E-state index contributed by atoms with van der Waals surface area (Å²) in [4.78, 5) is 11.6. The first kappa shape index (κ1) is 20.0. The van der Waals surface area contributed by atoms with Crippen molar-refractivity contribution in [1.29, 1.82) is 0 Å². The summed E-state index contributed by atoms with van der Waals surface area (Å²) < 4.78 is 7.38. The minimum Gasteiger partial charge on any atom is -0.378 e. The van der Waals surface area contributed by atoms with E-state index in [2.05, 4.69) is 56.2 Å². The molecule has 2 N–H and O–H groups in total. The van der Waals surface area contributed by atoms with Crippen molar-refractivity contribution in [2.45, 2.75) is 0 Å². The topological polar surface area (TPSA) is 83.4 Å². The number of anilines is 2. The molecule has 0 saturated carbocycles. The van der Waals surface area contributed by atoms with Crippen LogP contribution in [0.3, 0.4) is 0 Å². The number of aromatic nitrogens is 4. The lowest BCUT2D eigenvalue weighted by Gasteiger charge is -2.29. The number of amidine groups is 1. The largest absolute Gasteiger partial charge is 0.378 e. The Hall–Kier alpha value is -3.91. The Morgan fingerprint density at radius 2 is 1.97 bits per heavy atom. The second-order valence-electron chi connectivity index (χ2n) is 7.71. The van der Waals surface area contributed by atoms with E-state index in [9.17, 15) is 0 Å². The molecule has 0 spiro atoms. The molecule has 4 aromatic rings. The number of nitrogens with one attached hydrogen (secondary N) is 2. The molecule has 0 amide bonds. The molecule has 0 unspecified atom stereocenters. The number of aryl methyl sites for hydroxylation is 1. The molecule has 0 radical (unpaired) electrons. The summed E-state index contributed by atoms with van der Waals surface area (Å²) in [6, 6.07) is 14.4. The number of fused-ring (bicyclic) bond motifs is 1. The van der Waals surface area contributed by atoms with Crippen molar-refractivity contribution in [3.63, 3.8) is 0 Å². The first-order valence-electron chi connectivity index (χ1n) is 10.6. The highest BCUT2D eigenvalue weighted by atomic mass is 16.5. The van der Waals surface area contributed by atoms with Gasteiger partial charge in [-0.1, -0.05) is 18.7 Å². The zero-order chi connectivity index (χ0) is 21.9. The Kier molecular flexibility index (Phi) is 5.43. The number of H-pyrrole nitrogens is 1. The Morgan fingerprint density at radius 1 is 1.16 bits per heavy atom. The quantitative estimate of drug-likeness (QED) is 0.375. The number of aromatic amines is 1. The molecule has 32 heavy (non-hydrogen) atoms. The number of aliphatic imine (C=N–C) groups is 1. The van der Waals surface area contributed by atoms with E-state index in [0.29, 0.717) is 11.5 Å². The van der Waals surface area contributed by atoms with Crippen molar-refractivity contribution < 1.29 is 4.74 Å². The number of imidazole rings is 1. The maximum atomic E-state index is 5.45. The van der Waals surface area contributed by atoms with E-state index >= 15 is 0 Å². The maximum Gasteiger partial charge on any atom is 0.175 e. The van der Waals surface area contributed by atoms with Crippen LogP contribution in [0.25, 0.3) is 16.6 Å². The lowest BCUT2D eigenvalue weighted by atomic mass is 10.1. The van der Waals surface area contributed by atoms with Crippen LogP contribution in [0.2, 0.25) is 0 Å². The summed E-state index contributed by atoms with van der Waals surface area (Å²) in [6.45, 7) is 7.55. The van der Waals surface area contributed by atoms with Crippen LogP contribution in [-0.2, 0) is 11.8 Å². The van der Waals surface area contributed by atoms with Gasteiger partial charge < -0.3 is 19.5 Å². The van der Waals surface area contributed by atoms with E-state index < -0.39 is 0 Å². The highest BCUT2D eigenvalue weighted by Gasteiger charge is 2.14. The van der Waals surface area contributed by atoms with Crippen LogP contribution in [0.4, 0.5) is 11.4 Å². The Bertz CT molecular complexity index is 1260. The zero-order valence-corrected chi connectivity index (χ0v) is 18.0. The molecule has 5 rings (SSSR count). The smallest absolute Gasteiger partial charge is 0.175 e. The fourth-order valence-corrected chi connectivity index (χ4v) is 3.76. The summed E-state index contributed by atoms with van der Waals surface area (Å²) in [7, 11) is 1.94. The van der Waals surface area contributed by atoms with Gasteiger partial charge in [0, 0.05) is 54.9 Å². The van der Waals surface area contributed by atoms with Crippen LogP contribution in [0.1, 0.15) is 11.4 Å².